The number of ether oxygens (including phenoxy) is 3. The summed E-state index contributed by atoms with van der Waals surface area (Å²) >= 11 is 0. The Balaban J connectivity index is 2.32. The van der Waals surface area contributed by atoms with E-state index in [-0.39, 0.29) is 22.8 Å². The summed E-state index contributed by atoms with van der Waals surface area (Å²) in [6, 6.07) is 3.98. The van der Waals surface area contributed by atoms with E-state index in [1.165, 1.54) is 32.0 Å². The summed E-state index contributed by atoms with van der Waals surface area (Å²) < 4.78 is 15.0. The van der Waals surface area contributed by atoms with Gasteiger partial charge in [0.2, 0.25) is 0 Å². The van der Waals surface area contributed by atoms with Crippen molar-refractivity contribution in [1.29, 1.82) is 0 Å². The summed E-state index contributed by atoms with van der Waals surface area (Å²) in [6.07, 6.45) is 0.674. The molecule has 1 aliphatic heterocycles. The first-order valence-corrected chi connectivity index (χ1v) is 8.14. The lowest BCUT2D eigenvalue weighted by Crippen LogP contribution is -2.42. The van der Waals surface area contributed by atoms with Gasteiger partial charge in [-0.3, -0.25) is 0 Å². The summed E-state index contributed by atoms with van der Waals surface area (Å²) in [5.41, 5.74) is -0.168. The van der Waals surface area contributed by atoms with Gasteiger partial charge in [0.05, 0.1) is 11.7 Å². The first kappa shape index (κ1) is 20.5. The Kier molecular flexibility index (Phi) is 5.92. The van der Waals surface area contributed by atoms with Crippen molar-refractivity contribution in [2.45, 2.75) is 39.6 Å². The molecular weight excluding hydrogens is 357 g/mol. The highest BCUT2D eigenvalue weighted by atomic mass is 16.7. The molecule has 1 fully saturated rings. The van der Waals surface area contributed by atoms with Crippen molar-refractivity contribution in [1.82, 2.24) is 0 Å². The van der Waals surface area contributed by atoms with Crippen molar-refractivity contribution >= 4 is 36.2 Å². The van der Waals surface area contributed by atoms with E-state index in [2.05, 4.69) is 5.32 Å². The Morgan fingerprint density at radius 3 is 2.33 bits per heavy atom. The van der Waals surface area contributed by atoms with Gasteiger partial charge in [-0.05, 0) is 26.0 Å². The predicted octanol–water partition coefficient (Wildman–Crippen LogP) is 0.0635. The number of carbonyl (C=O) groups excluding carboxylic acids is 3. The van der Waals surface area contributed by atoms with Gasteiger partial charge in [0, 0.05) is 31.2 Å². The Hall–Kier alpha value is -2.85. The maximum atomic E-state index is 12.0. The average molecular weight is 377 g/mol. The summed E-state index contributed by atoms with van der Waals surface area (Å²) in [4.78, 5) is 35.9. The Bertz CT molecular complexity index is 778. The molecule has 0 unspecified atom stereocenters. The van der Waals surface area contributed by atoms with Crippen LogP contribution in [0.4, 0.5) is 5.69 Å². The van der Waals surface area contributed by atoms with Crippen LogP contribution in [0.5, 0.6) is 0 Å². The lowest BCUT2D eigenvalue weighted by molar-refractivity contribution is -0.222. The van der Waals surface area contributed by atoms with Gasteiger partial charge in [-0.15, -0.1) is 0 Å². The number of benzene rings is 1. The van der Waals surface area contributed by atoms with E-state index in [0.717, 1.165) is 6.20 Å². The monoisotopic (exact) mass is 377 g/mol. The molecule has 0 aliphatic carbocycles. The molecule has 1 heterocycles. The molecule has 3 N–H and O–H groups in total. The van der Waals surface area contributed by atoms with Gasteiger partial charge >= 0.3 is 25.0 Å². The van der Waals surface area contributed by atoms with Crippen LogP contribution in [0.2, 0.25) is 0 Å². The molecule has 9 nitrogen and oxygen atoms in total. The van der Waals surface area contributed by atoms with E-state index in [9.17, 15) is 24.4 Å². The third kappa shape index (κ3) is 5.08. The van der Waals surface area contributed by atoms with Crippen LogP contribution in [0, 0.1) is 0 Å². The Morgan fingerprint density at radius 1 is 1.22 bits per heavy atom. The fraction of sp³-hybridized carbons (Fsp3) is 0.353. The normalized spacial score (nSPS) is 15.7. The van der Waals surface area contributed by atoms with E-state index < -0.39 is 36.4 Å². The topological polar surface area (TPSA) is 131 Å². The van der Waals surface area contributed by atoms with Gasteiger partial charge in [-0.25, -0.2) is 14.4 Å². The van der Waals surface area contributed by atoms with E-state index in [1.54, 1.807) is 13.8 Å². The fourth-order valence-electron chi connectivity index (χ4n) is 2.24. The molecule has 0 bridgehead atoms. The SMILES string of the molecule is CC(C)OC(=O)c1ccc(B(O)O)c(NC=C2C(=O)OC(C)(C)OC2=O)c1. The van der Waals surface area contributed by atoms with Crippen molar-refractivity contribution in [3.63, 3.8) is 0 Å². The van der Waals surface area contributed by atoms with Crippen molar-refractivity contribution in [3.8, 4) is 0 Å². The molecule has 1 aliphatic rings. The first-order chi connectivity index (χ1) is 12.5. The molecule has 0 spiro atoms. The van der Waals surface area contributed by atoms with E-state index in [4.69, 9.17) is 14.2 Å². The van der Waals surface area contributed by atoms with Gasteiger partial charge in [-0.1, -0.05) is 6.07 Å². The third-order valence-electron chi connectivity index (χ3n) is 3.40. The number of hydrogen-bond acceptors (Lipinski definition) is 9. The number of carbonyl (C=O) groups is 3. The molecule has 0 aromatic heterocycles. The van der Waals surface area contributed by atoms with Gasteiger partial charge in [0.15, 0.2) is 5.57 Å². The van der Waals surface area contributed by atoms with E-state index in [0.29, 0.717) is 0 Å². The van der Waals surface area contributed by atoms with Gasteiger partial charge in [0.25, 0.3) is 5.79 Å². The molecule has 0 radical (unpaired) electrons. The molecular formula is C17H20BNO8. The highest BCUT2D eigenvalue weighted by molar-refractivity contribution is 6.60. The molecule has 0 saturated carbocycles. The lowest BCUT2D eigenvalue weighted by atomic mass is 9.78. The number of nitrogens with one attached hydrogen (secondary N) is 1. The Morgan fingerprint density at radius 2 is 1.81 bits per heavy atom. The second-order valence-corrected chi connectivity index (χ2v) is 6.51. The standard InChI is InChI=1S/C17H20BNO8/c1-9(2)25-14(20)10-5-6-12(18(23)24)13(7-10)19-8-11-15(21)26-17(3,4)27-16(11)22/h5-9,19,23-24H,1-4H3. The molecule has 1 aromatic carbocycles. The summed E-state index contributed by atoms with van der Waals surface area (Å²) in [7, 11) is -1.86. The maximum Gasteiger partial charge on any atom is 0.490 e. The molecule has 1 saturated heterocycles. The zero-order valence-electron chi connectivity index (χ0n) is 15.3. The van der Waals surface area contributed by atoms with Crippen LogP contribution in [-0.2, 0) is 23.8 Å². The summed E-state index contributed by atoms with van der Waals surface area (Å²) in [5.74, 6) is -3.79. The predicted molar refractivity (Wildman–Crippen MR) is 94.8 cm³/mol. The highest BCUT2D eigenvalue weighted by Crippen LogP contribution is 2.22. The average Bonchev–Trinajstić information content (AvgIpc) is 2.51. The second kappa shape index (κ2) is 7.81. The molecule has 10 heteroatoms. The van der Waals surface area contributed by atoms with Crippen LogP contribution in [0.25, 0.3) is 0 Å². The van der Waals surface area contributed by atoms with E-state index in [1.807, 2.05) is 0 Å². The molecule has 2 rings (SSSR count). The minimum absolute atomic E-state index is 0.0193. The van der Waals surface area contributed by atoms with Crippen molar-refractivity contribution in [2.75, 3.05) is 5.32 Å². The smallest absolute Gasteiger partial charge is 0.459 e. The van der Waals surface area contributed by atoms with Crippen LogP contribution in [-0.4, -0.2) is 47.0 Å². The fourth-order valence-corrected chi connectivity index (χ4v) is 2.24. The van der Waals surface area contributed by atoms with Crippen LogP contribution in [0.1, 0.15) is 38.1 Å². The number of hydrogen-bond donors (Lipinski definition) is 3. The largest absolute Gasteiger partial charge is 0.490 e. The molecule has 0 amide bonds. The van der Waals surface area contributed by atoms with Crippen LogP contribution < -0.4 is 10.8 Å². The minimum atomic E-state index is -1.86. The van der Waals surface area contributed by atoms with Crippen LogP contribution >= 0.6 is 0 Å². The maximum absolute atomic E-state index is 12.0. The van der Waals surface area contributed by atoms with Gasteiger partial charge in [0.1, 0.15) is 0 Å². The third-order valence-corrected chi connectivity index (χ3v) is 3.40. The van der Waals surface area contributed by atoms with Gasteiger partial charge < -0.3 is 29.6 Å². The summed E-state index contributed by atoms with van der Waals surface area (Å²) in [6.45, 7) is 6.21. The first-order valence-electron chi connectivity index (χ1n) is 8.14. The minimum Gasteiger partial charge on any atom is -0.459 e. The molecule has 144 valence electrons. The molecule has 27 heavy (non-hydrogen) atoms. The van der Waals surface area contributed by atoms with Crippen LogP contribution in [0.3, 0.4) is 0 Å². The van der Waals surface area contributed by atoms with Crippen molar-refractivity contribution in [2.24, 2.45) is 0 Å². The van der Waals surface area contributed by atoms with Gasteiger partial charge in [-0.2, -0.15) is 0 Å². The van der Waals surface area contributed by atoms with E-state index >= 15 is 0 Å². The van der Waals surface area contributed by atoms with Crippen LogP contribution in [0.15, 0.2) is 30.0 Å². The molecule has 0 atom stereocenters. The van der Waals surface area contributed by atoms with Crippen molar-refractivity contribution in [3.05, 3.63) is 35.5 Å². The van der Waals surface area contributed by atoms with Crippen molar-refractivity contribution < 1.29 is 38.6 Å². The zero-order chi connectivity index (χ0) is 20.4. The zero-order valence-corrected chi connectivity index (χ0v) is 15.3. The number of cyclic esters (lactones) is 2. The number of rotatable bonds is 5. The molecule has 1 aromatic rings. The second-order valence-electron chi connectivity index (χ2n) is 6.51. The Labute approximate surface area is 156 Å². The number of anilines is 1. The quantitative estimate of drug-likeness (QED) is 0.282. The highest BCUT2D eigenvalue weighted by Gasteiger charge is 2.39. The lowest BCUT2D eigenvalue weighted by Gasteiger charge is -2.29. The summed E-state index contributed by atoms with van der Waals surface area (Å²) in [5, 5.41) is 21.6. The number of esters is 3.